The van der Waals surface area contributed by atoms with Gasteiger partial charge in [0.05, 0.1) is 7.11 Å². The van der Waals surface area contributed by atoms with Crippen LogP contribution in [0.1, 0.15) is 15.9 Å². The first-order valence-electron chi connectivity index (χ1n) is 4.25. The van der Waals surface area contributed by atoms with Crippen molar-refractivity contribution in [3.63, 3.8) is 0 Å². The monoisotopic (exact) mass is 313 g/mol. The number of hydrogen-bond donors (Lipinski definition) is 0. The standard InChI is InChI=1S/C9H7BrF3NO3/c1-16-8-7(17-9(11,12)13)6(2-10)5(4-15)3-14-8/h3-4H,2H2,1H3. The second kappa shape index (κ2) is 5.35. The van der Waals surface area contributed by atoms with Gasteiger partial charge in [-0.15, -0.1) is 13.2 Å². The van der Waals surface area contributed by atoms with Gasteiger partial charge in [-0.1, -0.05) is 15.9 Å². The van der Waals surface area contributed by atoms with Crippen molar-refractivity contribution in [1.29, 1.82) is 0 Å². The summed E-state index contributed by atoms with van der Waals surface area (Å²) in [5.41, 5.74) is 0.0334. The van der Waals surface area contributed by atoms with Gasteiger partial charge in [0.2, 0.25) is 0 Å². The topological polar surface area (TPSA) is 48.4 Å². The first kappa shape index (κ1) is 13.8. The highest BCUT2D eigenvalue weighted by atomic mass is 79.9. The van der Waals surface area contributed by atoms with E-state index in [1.807, 2.05) is 0 Å². The van der Waals surface area contributed by atoms with Crippen molar-refractivity contribution in [2.45, 2.75) is 11.7 Å². The summed E-state index contributed by atoms with van der Waals surface area (Å²) in [6, 6.07) is 0. The Labute approximate surface area is 103 Å². The minimum absolute atomic E-state index is 0.00178. The number of rotatable bonds is 4. The number of ether oxygens (including phenoxy) is 2. The minimum Gasteiger partial charge on any atom is -0.478 e. The molecule has 0 bridgehead atoms. The molecule has 94 valence electrons. The average Bonchev–Trinajstić information content (AvgIpc) is 2.26. The number of aldehydes is 1. The molecule has 0 unspecified atom stereocenters. The quantitative estimate of drug-likeness (QED) is 0.633. The Morgan fingerprint density at radius 1 is 1.53 bits per heavy atom. The lowest BCUT2D eigenvalue weighted by molar-refractivity contribution is -0.275. The third kappa shape index (κ3) is 3.32. The van der Waals surface area contributed by atoms with Crippen LogP contribution in [-0.4, -0.2) is 24.7 Å². The fraction of sp³-hybridized carbons (Fsp3) is 0.333. The molecule has 0 aliphatic rings. The van der Waals surface area contributed by atoms with Gasteiger partial charge < -0.3 is 9.47 Å². The third-order valence-corrected chi connectivity index (χ3v) is 2.37. The van der Waals surface area contributed by atoms with Crippen LogP contribution in [-0.2, 0) is 5.33 Å². The summed E-state index contributed by atoms with van der Waals surface area (Å²) in [5, 5.41) is 0.00532. The van der Waals surface area contributed by atoms with Crippen molar-refractivity contribution >= 4 is 22.2 Å². The Bertz CT molecular complexity index is 423. The van der Waals surface area contributed by atoms with Gasteiger partial charge in [-0.25, -0.2) is 4.98 Å². The van der Waals surface area contributed by atoms with Gasteiger partial charge in [0, 0.05) is 22.7 Å². The van der Waals surface area contributed by atoms with Gasteiger partial charge in [0.25, 0.3) is 5.88 Å². The van der Waals surface area contributed by atoms with E-state index >= 15 is 0 Å². The molecule has 17 heavy (non-hydrogen) atoms. The molecule has 0 saturated carbocycles. The molecule has 1 aromatic rings. The van der Waals surface area contributed by atoms with Crippen LogP contribution in [0.4, 0.5) is 13.2 Å². The number of carbonyl (C=O) groups is 1. The molecule has 0 N–H and O–H groups in total. The summed E-state index contributed by atoms with van der Waals surface area (Å²) in [4.78, 5) is 14.2. The molecule has 1 rings (SSSR count). The van der Waals surface area contributed by atoms with E-state index in [1.54, 1.807) is 0 Å². The second-order valence-electron chi connectivity index (χ2n) is 2.83. The van der Waals surface area contributed by atoms with Crippen molar-refractivity contribution in [2.75, 3.05) is 7.11 Å². The lowest BCUT2D eigenvalue weighted by Crippen LogP contribution is -2.19. The van der Waals surface area contributed by atoms with Crippen LogP contribution in [0.25, 0.3) is 0 Å². The van der Waals surface area contributed by atoms with Crippen LogP contribution >= 0.6 is 15.9 Å². The highest BCUT2D eigenvalue weighted by molar-refractivity contribution is 9.08. The molecule has 0 atom stereocenters. The molecule has 0 amide bonds. The van der Waals surface area contributed by atoms with Crippen LogP contribution in [0.15, 0.2) is 6.20 Å². The van der Waals surface area contributed by atoms with Gasteiger partial charge in [-0.2, -0.15) is 0 Å². The van der Waals surface area contributed by atoms with E-state index in [0.29, 0.717) is 6.29 Å². The van der Waals surface area contributed by atoms with E-state index in [4.69, 9.17) is 0 Å². The number of halogens is 4. The lowest BCUT2D eigenvalue weighted by Gasteiger charge is -2.15. The number of methoxy groups -OCH3 is 1. The summed E-state index contributed by atoms with van der Waals surface area (Å²) in [5.74, 6) is -0.941. The predicted molar refractivity (Wildman–Crippen MR) is 55.5 cm³/mol. The van der Waals surface area contributed by atoms with Crippen LogP contribution in [0, 0.1) is 0 Å². The molecule has 0 aliphatic carbocycles. The number of carbonyl (C=O) groups excluding carboxylic acids is 1. The Morgan fingerprint density at radius 2 is 2.18 bits per heavy atom. The van der Waals surface area contributed by atoms with E-state index in [9.17, 15) is 18.0 Å². The van der Waals surface area contributed by atoms with Crippen molar-refractivity contribution in [2.24, 2.45) is 0 Å². The summed E-state index contributed by atoms with van der Waals surface area (Å²) in [7, 11) is 1.16. The van der Waals surface area contributed by atoms with Crippen molar-refractivity contribution in [3.8, 4) is 11.6 Å². The van der Waals surface area contributed by atoms with Crippen LogP contribution < -0.4 is 9.47 Å². The number of nitrogens with zero attached hydrogens (tertiary/aromatic N) is 1. The zero-order valence-electron chi connectivity index (χ0n) is 8.55. The SMILES string of the molecule is COc1ncc(C=O)c(CBr)c1OC(F)(F)F. The van der Waals surface area contributed by atoms with E-state index in [0.717, 1.165) is 13.3 Å². The maximum Gasteiger partial charge on any atom is 0.573 e. The molecule has 1 heterocycles. The largest absolute Gasteiger partial charge is 0.573 e. The number of pyridine rings is 1. The maximum atomic E-state index is 12.2. The third-order valence-electron chi connectivity index (χ3n) is 1.81. The minimum atomic E-state index is -4.88. The molecule has 0 saturated heterocycles. The zero-order valence-corrected chi connectivity index (χ0v) is 10.1. The molecule has 4 nitrogen and oxygen atoms in total. The van der Waals surface area contributed by atoms with Gasteiger partial charge in [0.15, 0.2) is 12.0 Å². The molecular formula is C9H7BrF3NO3. The highest BCUT2D eigenvalue weighted by Crippen LogP contribution is 2.36. The molecule has 8 heteroatoms. The first-order chi connectivity index (χ1) is 7.92. The highest BCUT2D eigenvalue weighted by Gasteiger charge is 2.34. The second-order valence-corrected chi connectivity index (χ2v) is 3.39. The maximum absolute atomic E-state index is 12.2. The Hall–Kier alpha value is -1.31. The summed E-state index contributed by atoms with van der Waals surface area (Å²) < 4.78 is 45.1. The van der Waals surface area contributed by atoms with Crippen LogP contribution in [0.2, 0.25) is 0 Å². The van der Waals surface area contributed by atoms with Gasteiger partial charge >= 0.3 is 6.36 Å². The Kier molecular flexibility index (Phi) is 4.33. The van der Waals surface area contributed by atoms with Crippen molar-refractivity contribution in [1.82, 2.24) is 4.98 Å². The van der Waals surface area contributed by atoms with Gasteiger partial charge in [-0.05, 0) is 0 Å². The van der Waals surface area contributed by atoms with Crippen LogP contribution in [0.5, 0.6) is 11.6 Å². The normalized spacial score (nSPS) is 11.1. The molecule has 0 radical (unpaired) electrons. The van der Waals surface area contributed by atoms with Crippen LogP contribution in [0.3, 0.4) is 0 Å². The predicted octanol–water partition coefficient (Wildman–Crippen LogP) is 2.70. The van der Waals surface area contributed by atoms with Gasteiger partial charge in [-0.3, -0.25) is 4.79 Å². The zero-order chi connectivity index (χ0) is 13.1. The van der Waals surface area contributed by atoms with E-state index < -0.39 is 12.1 Å². The number of aromatic nitrogens is 1. The smallest absolute Gasteiger partial charge is 0.478 e. The van der Waals surface area contributed by atoms with Crippen molar-refractivity contribution < 1.29 is 27.4 Å². The summed E-state index contributed by atoms with van der Waals surface area (Å²) >= 11 is 2.98. The molecule has 0 aliphatic heterocycles. The molecular weight excluding hydrogens is 307 g/mol. The Morgan fingerprint density at radius 3 is 2.59 bits per heavy atom. The van der Waals surface area contributed by atoms with Gasteiger partial charge in [0.1, 0.15) is 0 Å². The summed E-state index contributed by atoms with van der Waals surface area (Å²) in [6.45, 7) is 0. The first-order valence-corrected chi connectivity index (χ1v) is 5.37. The molecule has 0 fully saturated rings. The summed E-state index contributed by atoms with van der Waals surface area (Å²) in [6.07, 6.45) is -3.37. The number of hydrogen-bond acceptors (Lipinski definition) is 4. The Balaban J connectivity index is 3.34. The fourth-order valence-corrected chi connectivity index (χ4v) is 1.71. The van der Waals surface area contributed by atoms with Crippen molar-refractivity contribution in [3.05, 3.63) is 17.3 Å². The lowest BCUT2D eigenvalue weighted by atomic mass is 10.1. The number of alkyl halides is 4. The molecule has 1 aromatic heterocycles. The average molecular weight is 314 g/mol. The molecule has 0 spiro atoms. The fourth-order valence-electron chi connectivity index (χ4n) is 1.13. The van der Waals surface area contributed by atoms with E-state index in [2.05, 4.69) is 30.4 Å². The van der Waals surface area contributed by atoms with E-state index in [-0.39, 0.29) is 22.3 Å². The van der Waals surface area contributed by atoms with E-state index in [1.165, 1.54) is 0 Å². The molecule has 0 aromatic carbocycles.